The minimum atomic E-state index is -2.96. The lowest BCUT2D eigenvalue weighted by molar-refractivity contribution is 0.588. The molecule has 0 saturated heterocycles. The van der Waals surface area contributed by atoms with Crippen LogP contribution in [0.15, 0.2) is 0 Å². The molecule has 0 aliphatic rings. The van der Waals surface area contributed by atoms with Crippen molar-refractivity contribution in [1.29, 1.82) is 0 Å². The Kier molecular flexibility index (Phi) is 7.14. The van der Waals surface area contributed by atoms with Crippen molar-refractivity contribution in [2.45, 2.75) is 38.0 Å². The molecule has 0 N–H and O–H groups in total. The van der Waals surface area contributed by atoms with Crippen molar-refractivity contribution in [1.82, 2.24) is 0 Å². The van der Waals surface area contributed by atoms with E-state index in [1.54, 1.807) is 0 Å². The van der Waals surface area contributed by atoms with Crippen LogP contribution in [0, 0.1) is 0 Å². The summed E-state index contributed by atoms with van der Waals surface area (Å²) in [5, 5.41) is -0.141. The van der Waals surface area contributed by atoms with Crippen molar-refractivity contribution < 1.29 is 4.57 Å². The smallest absolute Gasteiger partial charge is 0.254 e. The third-order valence-corrected chi connectivity index (χ3v) is 3.81. The van der Waals surface area contributed by atoms with Gasteiger partial charge >= 0.3 is 0 Å². The molecule has 1 unspecified atom stereocenters. The van der Waals surface area contributed by atoms with Gasteiger partial charge in [-0.25, -0.2) is 0 Å². The van der Waals surface area contributed by atoms with Crippen LogP contribution in [0.25, 0.3) is 0 Å². The van der Waals surface area contributed by atoms with Crippen LogP contribution in [0.5, 0.6) is 0 Å². The number of unbranched alkanes of at least 4 members (excludes halogenated alkanes) is 2. The van der Waals surface area contributed by atoms with E-state index in [0.29, 0.717) is 0 Å². The molecule has 0 saturated carbocycles. The van der Waals surface area contributed by atoms with Gasteiger partial charge in [-0.05, 0) is 28.9 Å². The molecule has 0 aromatic carbocycles. The summed E-state index contributed by atoms with van der Waals surface area (Å²) >= 11 is 16.6. The zero-order chi connectivity index (χ0) is 9.61. The maximum absolute atomic E-state index is 10.9. The van der Waals surface area contributed by atoms with E-state index >= 15 is 0 Å². The summed E-state index contributed by atoms with van der Waals surface area (Å²) in [4.78, 5) is 0. The second kappa shape index (κ2) is 6.54. The molecule has 0 amide bonds. The Hall–Kier alpha value is 1.10. The molecule has 0 rings (SSSR count). The Morgan fingerprint density at radius 2 is 1.92 bits per heavy atom. The molecule has 0 aromatic rings. The molecular formula is C7H14Cl3OP. The normalized spacial score (nSPS) is 14.7. The number of hydrogen-bond acceptors (Lipinski definition) is 1. The van der Waals surface area contributed by atoms with Crippen LogP contribution in [-0.4, -0.2) is 11.5 Å². The maximum Gasteiger partial charge on any atom is 0.254 e. The van der Waals surface area contributed by atoms with Crippen molar-refractivity contribution in [3.8, 4) is 0 Å². The lowest BCUT2D eigenvalue weighted by Gasteiger charge is -2.08. The van der Waals surface area contributed by atoms with E-state index < -0.39 is 5.85 Å². The highest BCUT2D eigenvalue weighted by Gasteiger charge is 2.19. The monoisotopic (exact) mass is 250 g/mol. The lowest BCUT2D eigenvalue weighted by Crippen LogP contribution is -2.02. The zero-order valence-corrected chi connectivity index (χ0v) is 10.3. The fourth-order valence-electron chi connectivity index (χ4n) is 0.938. The van der Waals surface area contributed by atoms with Gasteiger partial charge in [-0.1, -0.05) is 26.2 Å². The van der Waals surface area contributed by atoms with E-state index in [-0.39, 0.29) is 11.5 Å². The lowest BCUT2D eigenvalue weighted by atomic mass is 10.2. The minimum absolute atomic E-state index is 0.141. The van der Waals surface area contributed by atoms with Gasteiger partial charge in [0.25, 0.3) is 5.85 Å². The molecule has 0 fully saturated rings. The van der Waals surface area contributed by atoms with Crippen LogP contribution in [-0.2, 0) is 4.57 Å². The number of rotatable bonds is 6. The predicted molar refractivity (Wildman–Crippen MR) is 58.0 cm³/mol. The largest absolute Gasteiger partial charge is 0.289 e. The first-order valence-corrected chi connectivity index (χ1v) is 8.22. The average molecular weight is 252 g/mol. The van der Waals surface area contributed by atoms with Crippen molar-refractivity contribution in [2.24, 2.45) is 0 Å². The molecule has 12 heavy (non-hydrogen) atoms. The van der Waals surface area contributed by atoms with Crippen LogP contribution in [0.3, 0.4) is 0 Å². The van der Waals surface area contributed by atoms with Crippen molar-refractivity contribution >= 4 is 39.9 Å². The first-order chi connectivity index (χ1) is 5.45. The highest BCUT2D eigenvalue weighted by molar-refractivity contribution is 8.08. The van der Waals surface area contributed by atoms with Gasteiger partial charge in [0, 0.05) is 11.5 Å². The van der Waals surface area contributed by atoms with E-state index in [9.17, 15) is 4.57 Å². The van der Waals surface area contributed by atoms with Crippen molar-refractivity contribution in [2.75, 3.05) is 6.16 Å². The van der Waals surface area contributed by atoms with Gasteiger partial charge in [0.05, 0.1) is 0 Å². The Balaban J connectivity index is 3.46. The van der Waals surface area contributed by atoms with Crippen molar-refractivity contribution in [3.63, 3.8) is 0 Å². The summed E-state index contributed by atoms with van der Waals surface area (Å²) in [6, 6.07) is 0. The second-order valence-corrected chi connectivity index (χ2v) is 8.76. The summed E-state index contributed by atoms with van der Waals surface area (Å²) in [5.74, 6) is -2.96. The molecule has 1 nitrogen and oxygen atoms in total. The van der Waals surface area contributed by atoms with Crippen LogP contribution < -0.4 is 0 Å². The van der Waals surface area contributed by atoms with Gasteiger partial charge in [-0.15, -0.1) is 11.6 Å². The molecule has 0 heterocycles. The zero-order valence-electron chi connectivity index (χ0n) is 7.10. The first-order valence-electron chi connectivity index (χ1n) is 4.08. The van der Waals surface area contributed by atoms with Gasteiger partial charge in [0.2, 0.25) is 0 Å². The van der Waals surface area contributed by atoms with Crippen molar-refractivity contribution in [3.05, 3.63) is 0 Å². The summed E-state index contributed by atoms with van der Waals surface area (Å²) in [7, 11) is 0. The number of alkyl halides is 1. The molecule has 0 spiro atoms. The van der Waals surface area contributed by atoms with Gasteiger partial charge in [-0.3, -0.25) is 4.57 Å². The Bertz CT molecular complexity index is 157. The predicted octanol–water partition coefficient (Wildman–Crippen LogP) is 4.84. The summed E-state index contributed by atoms with van der Waals surface area (Å²) < 4.78 is 10.9. The van der Waals surface area contributed by atoms with E-state index in [2.05, 4.69) is 6.92 Å². The first kappa shape index (κ1) is 13.1. The molecule has 1 atom stereocenters. The summed E-state index contributed by atoms with van der Waals surface area (Å²) in [5.41, 5.74) is 0. The van der Waals surface area contributed by atoms with Crippen LogP contribution in [0.2, 0.25) is 0 Å². The molecule has 74 valence electrons. The molecule has 5 heteroatoms. The molecular weight excluding hydrogens is 237 g/mol. The van der Waals surface area contributed by atoms with Crippen LogP contribution in [0.4, 0.5) is 0 Å². The fourth-order valence-corrected chi connectivity index (χ4v) is 3.74. The highest BCUT2D eigenvalue weighted by atomic mass is 35.9. The van der Waals surface area contributed by atoms with Gasteiger partial charge in [0.1, 0.15) is 0 Å². The maximum atomic E-state index is 10.9. The van der Waals surface area contributed by atoms with Gasteiger partial charge in [0.15, 0.2) is 0 Å². The molecule has 0 aromatic heterocycles. The average Bonchev–Trinajstić information content (AvgIpc) is 1.84. The van der Waals surface area contributed by atoms with E-state index in [4.69, 9.17) is 34.1 Å². The quantitative estimate of drug-likeness (QED) is 0.375. The van der Waals surface area contributed by atoms with Crippen LogP contribution >= 0.6 is 39.9 Å². The van der Waals surface area contributed by atoms with Crippen LogP contribution in [0.1, 0.15) is 32.6 Å². The fraction of sp³-hybridized carbons (Fsp3) is 1.00. The van der Waals surface area contributed by atoms with E-state index in [0.717, 1.165) is 25.7 Å². The molecule has 0 radical (unpaired) electrons. The third kappa shape index (κ3) is 9.19. The molecule has 0 bridgehead atoms. The Labute approximate surface area is 88.7 Å². The topological polar surface area (TPSA) is 17.1 Å². The third-order valence-electron chi connectivity index (χ3n) is 1.53. The van der Waals surface area contributed by atoms with Gasteiger partial charge in [-0.2, -0.15) is 0 Å². The Morgan fingerprint density at radius 1 is 1.33 bits per heavy atom. The van der Waals surface area contributed by atoms with E-state index in [1.165, 1.54) is 0 Å². The van der Waals surface area contributed by atoms with Gasteiger partial charge < -0.3 is 0 Å². The number of halogens is 3. The highest BCUT2D eigenvalue weighted by Crippen LogP contribution is 2.57. The molecule has 0 aliphatic heterocycles. The second-order valence-electron chi connectivity index (χ2n) is 2.85. The van der Waals surface area contributed by atoms with E-state index in [1.807, 2.05) is 0 Å². The Morgan fingerprint density at radius 3 is 2.33 bits per heavy atom. The molecule has 0 aliphatic carbocycles. The standard InChI is InChI=1S/C7H14Cl3OP/c1-2-3-4-5-7(8)6-12(9,10)11/h7H,2-6H2,1H3. The number of hydrogen-bond donors (Lipinski definition) is 0. The SMILES string of the molecule is CCCCCC(Cl)CP(=O)(Cl)Cl. The summed E-state index contributed by atoms with van der Waals surface area (Å²) in [6.45, 7) is 2.12. The minimum Gasteiger partial charge on any atom is -0.289 e. The summed E-state index contributed by atoms with van der Waals surface area (Å²) in [6.07, 6.45) is 4.43.